The van der Waals surface area contributed by atoms with Gasteiger partial charge < -0.3 is 9.67 Å². The average Bonchev–Trinajstić information content (AvgIpc) is 2.72. The molecule has 0 aliphatic carbocycles. The molecule has 2 rings (SSSR count). The van der Waals surface area contributed by atoms with Gasteiger partial charge in [-0.25, -0.2) is 0 Å². The minimum Gasteiger partial charge on any atom is -0.481 e. The molecule has 0 bridgehead atoms. The molecule has 0 amide bonds. The third-order valence-electron chi connectivity index (χ3n) is 2.65. The molecule has 0 spiro atoms. The molecule has 94 valence electrons. The van der Waals surface area contributed by atoms with Crippen molar-refractivity contribution in [1.29, 1.82) is 0 Å². The Balaban J connectivity index is 2.23. The molecule has 1 heterocycles. The zero-order valence-electron chi connectivity index (χ0n) is 10.2. The van der Waals surface area contributed by atoms with E-state index in [1.165, 1.54) is 0 Å². The number of rotatable bonds is 5. The second-order valence-corrected chi connectivity index (χ2v) is 4.99. The van der Waals surface area contributed by atoms with Gasteiger partial charge in [-0.05, 0) is 31.2 Å². The van der Waals surface area contributed by atoms with Gasteiger partial charge in [-0.2, -0.15) is 0 Å². The first kappa shape index (κ1) is 12.8. The summed E-state index contributed by atoms with van der Waals surface area (Å²) in [7, 11) is 0. The van der Waals surface area contributed by atoms with Gasteiger partial charge in [0, 0.05) is 17.1 Å². The van der Waals surface area contributed by atoms with Crippen LogP contribution in [0.5, 0.6) is 0 Å². The van der Waals surface area contributed by atoms with E-state index in [2.05, 4.69) is 12.1 Å². The molecular formula is C14H15NO2S. The number of carbonyl (C=O) groups is 1. The molecule has 1 aromatic heterocycles. The molecule has 0 unspecified atom stereocenters. The molecule has 0 saturated carbocycles. The first-order valence-corrected chi connectivity index (χ1v) is 6.65. The summed E-state index contributed by atoms with van der Waals surface area (Å²) < 4.78 is 2.05. The summed E-state index contributed by atoms with van der Waals surface area (Å²) in [4.78, 5) is 11.9. The van der Waals surface area contributed by atoms with Crippen molar-refractivity contribution in [2.24, 2.45) is 0 Å². The van der Waals surface area contributed by atoms with Crippen LogP contribution in [0.3, 0.4) is 0 Å². The largest absolute Gasteiger partial charge is 0.481 e. The average molecular weight is 261 g/mol. The summed E-state index contributed by atoms with van der Waals surface area (Å²) in [6, 6.07) is 14.0. The molecule has 0 atom stereocenters. The van der Waals surface area contributed by atoms with Crippen molar-refractivity contribution in [3.63, 3.8) is 0 Å². The maximum absolute atomic E-state index is 10.8. The van der Waals surface area contributed by atoms with Crippen LogP contribution >= 0.6 is 11.8 Å². The Kier molecular flexibility index (Phi) is 4.10. The smallest absolute Gasteiger partial charge is 0.309 e. The van der Waals surface area contributed by atoms with Crippen LogP contribution in [0.15, 0.2) is 52.4 Å². The van der Waals surface area contributed by atoms with Crippen molar-refractivity contribution < 1.29 is 9.90 Å². The Bertz CT molecular complexity index is 534. The topological polar surface area (TPSA) is 42.2 Å². The summed E-state index contributed by atoms with van der Waals surface area (Å²) in [5.74, 6) is -0.793. The molecule has 1 N–H and O–H groups in total. The van der Waals surface area contributed by atoms with Gasteiger partial charge in [-0.3, -0.25) is 4.79 Å². The van der Waals surface area contributed by atoms with Gasteiger partial charge in [0.1, 0.15) is 0 Å². The normalized spacial score (nSPS) is 10.5. The predicted octanol–water partition coefficient (Wildman–Crippen LogP) is 3.29. The minimum absolute atomic E-state index is 0.0726. The molecule has 0 aliphatic heterocycles. The molecule has 0 fully saturated rings. The van der Waals surface area contributed by atoms with Crippen LogP contribution in [-0.4, -0.2) is 15.6 Å². The third kappa shape index (κ3) is 2.96. The maximum Gasteiger partial charge on any atom is 0.309 e. The minimum atomic E-state index is -0.793. The highest BCUT2D eigenvalue weighted by atomic mass is 32.2. The first-order valence-electron chi connectivity index (χ1n) is 5.84. The van der Waals surface area contributed by atoms with Crippen molar-refractivity contribution in [3.8, 4) is 0 Å². The number of aliphatic carboxylic acids is 1. The lowest BCUT2D eigenvalue weighted by Gasteiger charge is -2.09. The lowest BCUT2D eigenvalue weighted by atomic mass is 10.3. The van der Waals surface area contributed by atoms with Crippen molar-refractivity contribution in [2.75, 3.05) is 0 Å². The van der Waals surface area contributed by atoms with E-state index in [4.69, 9.17) is 5.11 Å². The summed E-state index contributed by atoms with van der Waals surface area (Å²) in [5.41, 5.74) is 0.850. The quantitative estimate of drug-likeness (QED) is 0.898. The molecule has 3 nitrogen and oxygen atoms in total. The van der Waals surface area contributed by atoms with Crippen LogP contribution in [0.1, 0.15) is 12.6 Å². The van der Waals surface area contributed by atoms with E-state index in [1.807, 2.05) is 41.8 Å². The van der Waals surface area contributed by atoms with Gasteiger partial charge >= 0.3 is 5.97 Å². The molecule has 18 heavy (non-hydrogen) atoms. The standard InChI is InChI=1S/C14H15NO2S/c1-2-15-11(10-14(16)17)8-9-13(15)18-12-6-4-3-5-7-12/h3-9H,2,10H2,1H3,(H,16,17). The SMILES string of the molecule is CCn1c(CC(=O)O)ccc1Sc1ccccc1. The monoisotopic (exact) mass is 261 g/mol. The zero-order chi connectivity index (χ0) is 13.0. The fraction of sp³-hybridized carbons (Fsp3) is 0.214. The van der Waals surface area contributed by atoms with Crippen molar-refractivity contribution in [1.82, 2.24) is 4.57 Å². The van der Waals surface area contributed by atoms with Crippen molar-refractivity contribution >= 4 is 17.7 Å². The summed E-state index contributed by atoms with van der Waals surface area (Å²) >= 11 is 1.66. The highest BCUT2D eigenvalue weighted by Gasteiger charge is 2.10. The molecule has 1 aromatic carbocycles. The fourth-order valence-electron chi connectivity index (χ4n) is 1.86. The van der Waals surface area contributed by atoms with E-state index in [1.54, 1.807) is 11.8 Å². The number of benzene rings is 1. The summed E-state index contributed by atoms with van der Waals surface area (Å²) in [6.45, 7) is 2.81. The van der Waals surface area contributed by atoms with E-state index in [0.29, 0.717) is 0 Å². The highest BCUT2D eigenvalue weighted by molar-refractivity contribution is 7.99. The fourth-order valence-corrected chi connectivity index (χ4v) is 2.88. The molecule has 0 radical (unpaired) electrons. The number of nitrogens with zero attached hydrogens (tertiary/aromatic N) is 1. The Labute approximate surface area is 110 Å². The molecule has 0 aliphatic rings. The Morgan fingerprint density at radius 2 is 1.94 bits per heavy atom. The third-order valence-corrected chi connectivity index (χ3v) is 3.72. The lowest BCUT2D eigenvalue weighted by Crippen LogP contribution is -2.07. The maximum atomic E-state index is 10.8. The second-order valence-electron chi connectivity index (χ2n) is 3.89. The van der Waals surface area contributed by atoms with E-state index < -0.39 is 5.97 Å². The Morgan fingerprint density at radius 1 is 1.22 bits per heavy atom. The first-order chi connectivity index (χ1) is 8.70. The van der Waals surface area contributed by atoms with E-state index in [9.17, 15) is 4.79 Å². The van der Waals surface area contributed by atoms with Crippen LogP contribution in [0, 0.1) is 0 Å². The van der Waals surface area contributed by atoms with Gasteiger partial charge in [0.15, 0.2) is 0 Å². The van der Waals surface area contributed by atoms with E-state index >= 15 is 0 Å². The van der Waals surface area contributed by atoms with Crippen LogP contribution in [-0.2, 0) is 17.8 Å². The number of carboxylic acid groups (broad SMARTS) is 1. The number of carboxylic acids is 1. The Hall–Kier alpha value is -1.68. The number of hydrogen-bond donors (Lipinski definition) is 1. The van der Waals surface area contributed by atoms with Crippen molar-refractivity contribution in [2.45, 2.75) is 29.8 Å². The number of hydrogen-bond acceptors (Lipinski definition) is 2. The van der Waals surface area contributed by atoms with Crippen LogP contribution < -0.4 is 0 Å². The molecule has 0 saturated heterocycles. The van der Waals surface area contributed by atoms with Gasteiger partial charge in [0.25, 0.3) is 0 Å². The lowest BCUT2D eigenvalue weighted by molar-refractivity contribution is -0.136. The Morgan fingerprint density at radius 3 is 2.56 bits per heavy atom. The van der Waals surface area contributed by atoms with Crippen LogP contribution in [0.4, 0.5) is 0 Å². The van der Waals surface area contributed by atoms with Gasteiger partial charge in [0.05, 0.1) is 11.4 Å². The molecule has 4 heteroatoms. The summed E-state index contributed by atoms with van der Waals surface area (Å²) in [6.07, 6.45) is 0.0726. The predicted molar refractivity (Wildman–Crippen MR) is 72.0 cm³/mol. The molecular weight excluding hydrogens is 246 g/mol. The zero-order valence-corrected chi connectivity index (χ0v) is 11.0. The van der Waals surface area contributed by atoms with Crippen molar-refractivity contribution in [3.05, 3.63) is 48.2 Å². The van der Waals surface area contributed by atoms with E-state index in [-0.39, 0.29) is 6.42 Å². The van der Waals surface area contributed by atoms with Gasteiger partial charge in [0.2, 0.25) is 0 Å². The van der Waals surface area contributed by atoms with Crippen LogP contribution in [0.25, 0.3) is 0 Å². The number of aromatic nitrogens is 1. The summed E-state index contributed by atoms with van der Waals surface area (Å²) in [5, 5.41) is 9.95. The van der Waals surface area contributed by atoms with Gasteiger partial charge in [-0.15, -0.1) is 0 Å². The second kappa shape index (κ2) is 5.78. The highest BCUT2D eigenvalue weighted by Crippen LogP contribution is 2.29. The van der Waals surface area contributed by atoms with Gasteiger partial charge in [-0.1, -0.05) is 30.0 Å². The molecule has 2 aromatic rings. The van der Waals surface area contributed by atoms with Crippen LogP contribution in [0.2, 0.25) is 0 Å². The van der Waals surface area contributed by atoms with E-state index in [0.717, 1.165) is 22.2 Å².